The highest BCUT2D eigenvalue weighted by molar-refractivity contribution is 7.89. The molecule has 2 aliphatic heterocycles. The number of amides is 1. The van der Waals surface area contributed by atoms with Gasteiger partial charge >= 0.3 is 0 Å². The zero-order valence-electron chi connectivity index (χ0n) is 13.4. The quantitative estimate of drug-likeness (QED) is 0.838. The summed E-state index contributed by atoms with van der Waals surface area (Å²) in [6, 6.07) is 6.15. The number of nitrogens with one attached hydrogen (secondary N) is 1. The van der Waals surface area contributed by atoms with Gasteiger partial charge in [-0.1, -0.05) is 6.07 Å². The van der Waals surface area contributed by atoms with Gasteiger partial charge in [-0.3, -0.25) is 4.79 Å². The van der Waals surface area contributed by atoms with Crippen molar-refractivity contribution < 1.29 is 22.7 Å². The Morgan fingerprint density at radius 3 is 2.75 bits per heavy atom. The van der Waals surface area contributed by atoms with Gasteiger partial charge in [0.05, 0.1) is 24.2 Å². The van der Waals surface area contributed by atoms with Gasteiger partial charge in [-0.25, -0.2) is 8.42 Å². The SMILES string of the molecule is O=C(NC[C@@H]1CCCO1)c1cccc(S(=O)(=O)N2CCOCC2)c1. The molecule has 2 aliphatic rings. The second-order valence-electron chi connectivity index (χ2n) is 5.89. The van der Waals surface area contributed by atoms with Crippen LogP contribution in [0.2, 0.25) is 0 Å². The van der Waals surface area contributed by atoms with E-state index in [4.69, 9.17) is 9.47 Å². The number of nitrogens with zero attached hydrogens (tertiary/aromatic N) is 1. The van der Waals surface area contributed by atoms with Crippen LogP contribution in [0, 0.1) is 0 Å². The van der Waals surface area contributed by atoms with E-state index in [0.717, 1.165) is 19.4 Å². The first-order valence-electron chi connectivity index (χ1n) is 8.15. The number of morpholine rings is 1. The van der Waals surface area contributed by atoms with E-state index < -0.39 is 10.0 Å². The van der Waals surface area contributed by atoms with Crippen molar-refractivity contribution in [3.05, 3.63) is 29.8 Å². The minimum absolute atomic E-state index is 0.0502. The minimum atomic E-state index is -3.60. The molecule has 3 rings (SSSR count). The van der Waals surface area contributed by atoms with Crippen LogP contribution in [0.3, 0.4) is 0 Å². The summed E-state index contributed by atoms with van der Waals surface area (Å²) in [5, 5.41) is 2.81. The molecule has 1 amide bonds. The predicted molar refractivity (Wildman–Crippen MR) is 87.3 cm³/mol. The minimum Gasteiger partial charge on any atom is -0.379 e. The van der Waals surface area contributed by atoms with Crippen LogP contribution < -0.4 is 5.32 Å². The van der Waals surface area contributed by atoms with Crippen LogP contribution in [-0.2, 0) is 19.5 Å². The number of hydrogen-bond acceptors (Lipinski definition) is 5. The highest BCUT2D eigenvalue weighted by atomic mass is 32.2. The average Bonchev–Trinajstić information content (AvgIpc) is 3.14. The van der Waals surface area contributed by atoms with E-state index in [0.29, 0.717) is 38.4 Å². The molecule has 1 N–H and O–H groups in total. The number of rotatable bonds is 5. The van der Waals surface area contributed by atoms with E-state index in [1.54, 1.807) is 12.1 Å². The maximum atomic E-state index is 12.6. The zero-order chi connectivity index (χ0) is 17.0. The summed E-state index contributed by atoms with van der Waals surface area (Å²) >= 11 is 0. The molecule has 1 aromatic rings. The Kier molecular flexibility index (Phi) is 5.50. The lowest BCUT2D eigenvalue weighted by Gasteiger charge is -2.26. The lowest BCUT2D eigenvalue weighted by Crippen LogP contribution is -2.40. The smallest absolute Gasteiger partial charge is 0.251 e. The van der Waals surface area contributed by atoms with Crippen LogP contribution in [-0.4, -0.2) is 64.2 Å². The molecule has 24 heavy (non-hydrogen) atoms. The number of carbonyl (C=O) groups is 1. The number of sulfonamides is 1. The number of carbonyl (C=O) groups excluding carboxylic acids is 1. The van der Waals surface area contributed by atoms with Crippen molar-refractivity contribution in [2.24, 2.45) is 0 Å². The van der Waals surface area contributed by atoms with Gasteiger partial charge in [0.25, 0.3) is 5.91 Å². The van der Waals surface area contributed by atoms with Gasteiger partial charge in [-0.2, -0.15) is 4.31 Å². The second-order valence-corrected chi connectivity index (χ2v) is 7.83. The summed E-state index contributed by atoms with van der Waals surface area (Å²) in [5.41, 5.74) is 0.335. The van der Waals surface area contributed by atoms with Gasteiger partial charge in [0.2, 0.25) is 10.0 Å². The molecule has 132 valence electrons. The van der Waals surface area contributed by atoms with Crippen molar-refractivity contribution in [1.29, 1.82) is 0 Å². The van der Waals surface area contributed by atoms with Gasteiger partial charge in [-0.05, 0) is 31.0 Å². The van der Waals surface area contributed by atoms with Crippen molar-refractivity contribution >= 4 is 15.9 Å². The van der Waals surface area contributed by atoms with Gasteiger partial charge in [0.15, 0.2) is 0 Å². The molecule has 2 saturated heterocycles. The third kappa shape index (κ3) is 3.94. The Bertz CT molecular complexity index is 679. The second kappa shape index (κ2) is 7.60. The lowest BCUT2D eigenvalue weighted by atomic mass is 10.2. The summed E-state index contributed by atoms with van der Waals surface area (Å²) in [5.74, 6) is -0.287. The molecule has 0 aromatic heterocycles. The van der Waals surface area contributed by atoms with Crippen LogP contribution in [0.15, 0.2) is 29.2 Å². The van der Waals surface area contributed by atoms with Crippen LogP contribution in [0.25, 0.3) is 0 Å². The molecule has 8 heteroatoms. The Labute approximate surface area is 142 Å². The monoisotopic (exact) mass is 354 g/mol. The van der Waals surface area contributed by atoms with E-state index in [1.165, 1.54) is 16.4 Å². The van der Waals surface area contributed by atoms with Crippen molar-refractivity contribution in [1.82, 2.24) is 9.62 Å². The topological polar surface area (TPSA) is 84.9 Å². The molecule has 0 spiro atoms. The summed E-state index contributed by atoms with van der Waals surface area (Å²) in [6.07, 6.45) is 1.99. The number of ether oxygens (including phenoxy) is 2. The first kappa shape index (κ1) is 17.3. The fraction of sp³-hybridized carbons (Fsp3) is 0.562. The van der Waals surface area contributed by atoms with Crippen LogP contribution >= 0.6 is 0 Å². The first-order chi connectivity index (χ1) is 11.6. The Morgan fingerprint density at radius 1 is 1.25 bits per heavy atom. The Morgan fingerprint density at radius 2 is 2.04 bits per heavy atom. The van der Waals surface area contributed by atoms with Gasteiger partial charge in [0, 0.05) is 31.8 Å². The maximum absolute atomic E-state index is 12.6. The third-order valence-corrected chi connectivity index (χ3v) is 6.11. The molecule has 1 aromatic carbocycles. The first-order valence-corrected chi connectivity index (χ1v) is 9.59. The third-order valence-electron chi connectivity index (χ3n) is 4.22. The van der Waals surface area contributed by atoms with E-state index >= 15 is 0 Å². The van der Waals surface area contributed by atoms with E-state index in [2.05, 4.69) is 5.32 Å². The maximum Gasteiger partial charge on any atom is 0.251 e. The summed E-state index contributed by atoms with van der Waals surface area (Å²) in [7, 11) is -3.60. The molecular formula is C16H22N2O5S. The molecule has 0 radical (unpaired) electrons. The van der Waals surface area contributed by atoms with Gasteiger partial charge in [-0.15, -0.1) is 0 Å². The molecule has 0 unspecified atom stereocenters. The highest BCUT2D eigenvalue weighted by Crippen LogP contribution is 2.18. The zero-order valence-corrected chi connectivity index (χ0v) is 14.3. The largest absolute Gasteiger partial charge is 0.379 e. The summed E-state index contributed by atoms with van der Waals surface area (Å²) in [6.45, 7) is 2.62. The average molecular weight is 354 g/mol. The Hall–Kier alpha value is -1.48. The normalized spacial score (nSPS) is 22.4. The molecule has 7 nitrogen and oxygen atoms in total. The van der Waals surface area contributed by atoms with Crippen molar-refractivity contribution in [2.45, 2.75) is 23.8 Å². The number of benzene rings is 1. The summed E-state index contributed by atoms with van der Waals surface area (Å²) in [4.78, 5) is 12.4. The molecule has 2 heterocycles. The fourth-order valence-electron chi connectivity index (χ4n) is 2.85. The fourth-order valence-corrected chi connectivity index (χ4v) is 4.30. The van der Waals surface area contributed by atoms with Gasteiger partial charge in [0.1, 0.15) is 0 Å². The van der Waals surface area contributed by atoms with Crippen LogP contribution in [0.4, 0.5) is 0 Å². The Balaban J connectivity index is 1.69. The van der Waals surface area contributed by atoms with E-state index in [1.807, 2.05) is 0 Å². The van der Waals surface area contributed by atoms with Crippen LogP contribution in [0.5, 0.6) is 0 Å². The van der Waals surface area contributed by atoms with Crippen LogP contribution in [0.1, 0.15) is 23.2 Å². The van der Waals surface area contributed by atoms with E-state index in [-0.39, 0.29) is 16.9 Å². The molecule has 1 atom stereocenters. The van der Waals surface area contributed by atoms with Gasteiger partial charge < -0.3 is 14.8 Å². The highest BCUT2D eigenvalue weighted by Gasteiger charge is 2.27. The molecule has 0 bridgehead atoms. The predicted octanol–water partition coefficient (Wildman–Crippen LogP) is 0.616. The summed E-state index contributed by atoms with van der Waals surface area (Å²) < 4.78 is 37.3. The molecule has 0 aliphatic carbocycles. The lowest BCUT2D eigenvalue weighted by molar-refractivity contribution is 0.0730. The molecular weight excluding hydrogens is 332 g/mol. The molecule has 2 fully saturated rings. The standard InChI is InChI=1S/C16H22N2O5S/c19-16(17-12-14-4-2-8-23-14)13-3-1-5-15(11-13)24(20,21)18-6-9-22-10-7-18/h1,3,5,11,14H,2,4,6-10,12H2,(H,17,19)/t14-/m0/s1. The van der Waals surface area contributed by atoms with E-state index in [9.17, 15) is 13.2 Å². The molecule has 0 saturated carbocycles. The number of hydrogen-bond donors (Lipinski definition) is 1. The van der Waals surface area contributed by atoms with Crippen molar-refractivity contribution in [3.63, 3.8) is 0 Å². The van der Waals surface area contributed by atoms with Crippen molar-refractivity contribution in [2.75, 3.05) is 39.5 Å². The van der Waals surface area contributed by atoms with Crippen molar-refractivity contribution in [3.8, 4) is 0 Å².